The smallest absolute Gasteiger partial charge is 0.338 e. The maximum absolute atomic E-state index is 13.1. The predicted octanol–water partition coefficient (Wildman–Crippen LogP) is 2.59. The third-order valence-electron chi connectivity index (χ3n) is 2.16. The van der Waals surface area contributed by atoms with Crippen molar-refractivity contribution in [1.29, 1.82) is 0 Å². The standard InChI is InChI=1S/C12H8FNO2/c13-10-7-14-11(6-9(10)12(15)16)8-4-2-1-3-5-8/h1-7H,(H,15,16). The average Bonchev–Trinajstić information content (AvgIpc) is 2.30. The zero-order valence-electron chi connectivity index (χ0n) is 8.22. The number of hydrogen-bond acceptors (Lipinski definition) is 2. The second-order valence-electron chi connectivity index (χ2n) is 3.22. The zero-order valence-corrected chi connectivity index (χ0v) is 8.22. The Morgan fingerprint density at radius 1 is 1.25 bits per heavy atom. The van der Waals surface area contributed by atoms with E-state index < -0.39 is 11.8 Å². The summed E-state index contributed by atoms with van der Waals surface area (Å²) in [6, 6.07) is 10.2. The fourth-order valence-electron chi connectivity index (χ4n) is 1.37. The molecule has 2 rings (SSSR count). The van der Waals surface area contributed by atoms with Crippen molar-refractivity contribution >= 4 is 5.97 Å². The van der Waals surface area contributed by atoms with Crippen LogP contribution >= 0.6 is 0 Å². The van der Waals surface area contributed by atoms with Gasteiger partial charge in [-0.15, -0.1) is 0 Å². The fourth-order valence-corrected chi connectivity index (χ4v) is 1.37. The van der Waals surface area contributed by atoms with Gasteiger partial charge in [-0.1, -0.05) is 30.3 Å². The maximum atomic E-state index is 13.1. The van der Waals surface area contributed by atoms with Gasteiger partial charge in [-0.25, -0.2) is 9.18 Å². The molecule has 1 aromatic carbocycles. The molecule has 2 aromatic rings. The molecule has 0 bridgehead atoms. The lowest BCUT2D eigenvalue weighted by Gasteiger charge is -2.02. The molecule has 1 heterocycles. The molecule has 0 spiro atoms. The molecule has 80 valence electrons. The van der Waals surface area contributed by atoms with Crippen LogP contribution in [0.5, 0.6) is 0 Å². The third-order valence-corrected chi connectivity index (χ3v) is 2.16. The highest BCUT2D eigenvalue weighted by Gasteiger charge is 2.12. The molecule has 0 saturated heterocycles. The summed E-state index contributed by atoms with van der Waals surface area (Å²) in [5, 5.41) is 8.77. The highest BCUT2D eigenvalue weighted by molar-refractivity contribution is 5.89. The van der Waals surface area contributed by atoms with Gasteiger partial charge in [0.25, 0.3) is 0 Å². The lowest BCUT2D eigenvalue weighted by Crippen LogP contribution is -2.02. The van der Waals surface area contributed by atoms with Crippen molar-refractivity contribution in [2.45, 2.75) is 0 Å². The van der Waals surface area contributed by atoms with E-state index in [1.54, 1.807) is 24.3 Å². The maximum Gasteiger partial charge on any atom is 0.338 e. The molecule has 0 aliphatic rings. The summed E-state index contributed by atoms with van der Waals surface area (Å²) in [6.07, 6.45) is 0.922. The van der Waals surface area contributed by atoms with Crippen molar-refractivity contribution in [3.63, 3.8) is 0 Å². The number of hydrogen-bond donors (Lipinski definition) is 1. The molecule has 1 aromatic heterocycles. The van der Waals surface area contributed by atoms with Crippen molar-refractivity contribution in [2.75, 3.05) is 0 Å². The Morgan fingerprint density at radius 3 is 2.56 bits per heavy atom. The molecular formula is C12H8FNO2. The minimum Gasteiger partial charge on any atom is -0.478 e. The SMILES string of the molecule is O=C(O)c1cc(-c2ccccc2)ncc1F. The first-order chi connectivity index (χ1) is 7.68. The lowest BCUT2D eigenvalue weighted by molar-refractivity contribution is 0.0691. The topological polar surface area (TPSA) is 50.2 Å². The first kappa shape index (κ1) is 10.3. The minimum absolute atomic E-state index is 0.367. The molecule has 0 amide bonds. The van der Waals surface area contributed by atoms with Crippen LogP contribution in [0.15, 0.2) is 42.6 Å². The molecule has 0 fully saturated rings. The number of pyridine rings is 1. The van der Waals surface area contributed by atoms with E-state index >= 15 is 0 Å². The summed E-state index contributed by atoms with van der Waals surface area (Å²) in [4.78, 5) is 14.6. The van der Waals surface area contributed by atoms with E-state index in [2.05, 4.69) is 4.98 Å². The van der Waals surface area contributed by atoms with Crippen molar-refractivity contribution < 1.29 is 14.3 Å². The quantitative estimate of drug-likeness (QED) is 0.841. The van der Waals surface area contributed by atoms with Gasteiger partial charge >= 0.3 is 5.97 Å². The first-order valence-corrected chi connectivity index (χ1v) is 4.63. The average molecular weight is 217 g/mol. The molecule has 0 saturated carbocycles. The minimum atomic E-state index is -1.29. The zero-order chi connectivity index (χ0) is 11.5. The Hall–Kier alpha value is -2.23. The van der Waals surface area contributed by atoms with Gasteiger partial charge in [0.15, 0.2) is 5.82 Å². The predicted molar refractivity (Wildman–Crippen MR) is 56.6 cm³/mol. The number of halogens is 1. The molecule has 0 aliphatic carbocycles. The van der Waals surface area contributed by atoms with Gasteiger partial charge in [-0.2, -0.15) is 0 Å². The number of aromatic nitrogens is 1. The van der Waals surface area contributed by atoms with Gasteiger partial charge in [-0.3, -0.25) is 4.98 Å². The van der Waals surface area contributed by atoms with Crippen LogP contribution in [0.1, 0.15) is 10.4 Å². The number of aromatic carboxylic acids is 1. The van der Waals surface area contributed by atoms with E-state index in [1.807, 2.05) is 6.07 Å². The van der Waals surface area contributed by atoms with Crippen molar-refractivity contribution in [2.24, 2.45) is 0 Å². The number of rotatable bonds is 2. The lowest BCUT2D eigenvalue weighted by atomic mass is 10.1. The van der Waals surface area contributed by atoms with Crippen LogP contribution in [0, 0.1) is 5.82 Å². The number of carboxylic acids is 1. The largest absolute Gasteiger partial charge is 0.478 e. The second-order valence-corrected chi connectivity index (χ2v) is 3.22. The monoisotopic (exact) mass is 217 g/mol. The van der Waals surface area contributed by atoms with Gasteiger partial charge in [0, 0.05) is 5.56 Å². The highest BCUT2D eigenvalue weighted by atomic mass is 19.1. The Kier molecular flexibility index (Phi) is 2.64. The summed E-state index contributed by atoms with van der Waals surface area (Å²) in [5.74, 6) is -2.12. The molecule has 0 aliphatic heterocycles. The molecule has 0 radical (unpaired) electrons. The van der Waals surface area contributed by atoms with Crippen LogP contribution < -0.4 is 0 Å². The molecule has 16 heavy (non-hydrogen) atoms. The second kappa shape index (κ2) is 4.10. The summed E-state index contributed by atoms with van der Waals surface area (Å²) >= 11 is 0. The van der Waals surface area contributed by atoms with E-state index in [0.29, 0.717) is 5.69 Å². The summed E-state index contributed by atoms with van der Waals surface area (Å²) in [6.45, 7) is 0. The molecule has 0 atom stereocenters. The summed E-state index contributed by atoms with van der Waals surface area (Å²) in [5.41, 5.74) is 0.832. The molecule has 0 unspecified atom stereocenters. The third kappa shape index (κ3) is 1.91. The number of carbonyl (C=O) groups is 1. The van der Waals surface area contributed by atoms with Gasteiger partial charge in [0.2, 0.25) is 0 Å². The normalized spacial score (nSPS) is 10.1. The van der Waals surface area contributed by atoms with Crippen LogP contribution in [0.2, 0.25) is 0 Å². The Labute approximate surface area is 91.2 Å². The Balaban J connectivity index is 2.52. The van der Waals surface area contributed by atoms with Gasteiger partial charge in [0.05, 0.1) is 17.5 Å². The van der Waals surface area contributed by atoms with Crippen LogP contribution in [0.25, 0.3) is 11.3 Å². The molecule has 3 nitrogen and oxygen atoms in total. The van der Waals surface area contributed by atoms with Crippen molar-refractivity contribution in [3.8, 4) is 11.3 Å². The van der Waals surface area contributed by atoms with E-state index in [-0.39, 0.29) is 5.56 Å². The van der Waals surface area contributed by atoms with Crippen LogP contribution in [-0.2, 0) is 0 Å². The van der Waals surface area contributed by atoms with Crippen LogP contribution in [0.4, 0.5) is 4.39 Å². The van der Waals surface area contributed by atoms with Gasteiger partial charge < -0.3 is 5.11 Å². The summed E-state index contributed by atoms with van der Waals surface area (Å²) < 4.78 is 13.1. The van der Waals surface area contributed by atoms with Gasteiger partial charge in [-0.05, 0) is 6.07 Å². The summed E-state index contributed by atoms with van der Waals surface area (Å²) in [7, 11) is 0. The van der Waals surface area contributed by atoms with E-state index in [1.165, 1.54) is 6.07 Å². The molecular weight excluding hydrogens is 209 g/mol. The fraction of sp³-hybridized carbons (Fsp3) is 0. The van der Waals surface area contributed by atoms with Gasteiger partial charge in [0.1, 0.15) is 0 Å². The van der Waals surface area contributed by atoms with Crippen LogP contribution in [0.3, 0.4) is 0 Å². The number of benzene rings is 1. The van der Waals surface area contributed by atoms with E-state index in [4.69, 9.17) is 5.11 Å². The van der Waals surface area contributed by atoms with Crippen molar-refractivity contribution in [3.05, 3.63) is 54.0 Å². The highest BCUT2D eigenvalue weighted by Crippen LogP contribution is 2.18. The van der Waals surface area contributed by atoms with Crippen LogP contribution in [-0.4, -0.2) is 16.1 Å². The first-order valence-electron chi connectivity index (χ1n) is 4.63. The Morgan fingerprint density at radius 2 is 1.94 bits per heavy atom. The molecule has 1 N–H and O–H groups in total. The van der Waals surface area contributed by atoms with E-state index in [0.717, 1.165) is 11.8 Å². The number of carboxylic acid groups (broad SMARTS) is 1. The number of nitrogens with zero attached hydrogens (tertiary/aromatic N) is 1. The van der Waals surface area contributed by atoms with Crippen molar-refractivity contribution in [1.82, 2.24) is 4.98 Å². The Bertz CT molecular complexity index is 526. The molecule has 4 heteroatoms. The van der Waals surface area contributed by atoms with E-state index in [9.17, 15) is 9.18 Å².